The molecule has 4 aromatic rings. The van der Waals surface area contributed by atoms with Gasteiger partial charge in [0.25, 0.3) is 0 Å². The number of thioether (sulfide) groups is 1. The number of hydrogen-bond acceptors (Lipinski definition) is 5. The normalized spacial score (nSPS) is 11.2. The van der Waals surface area contributed by atoms with Gasteiger partial charge in [-0.15, -0.1) is 5.10 Å². The molecule has 0 spiro atoms. The van der Waals surface area contributed by atoms with E-state index in [1.807, 2.05) is 24.3 Å². The van der Waals surface area contributed by atoms with E-state index in [4.69, 9.17) is 4.42 Å². The second kappa shape index (κ2) is 7.06. The molecule has 4 rings (SSSR count). The number of nitrogens with one attached hydrogen (secondary N) is 1. The fourth-order valence-electron chi connectivity index (χ4n) is 2.50. The molecular formula is C18H15FN4OS. The van der Waals surface area contributed by atoms with Crippen molar-refractivity contribution in [3.8, 4) is 11.4 Å². The third kappa shape index (κ3) is 3.56. The highest BCUT2D eigenvalue weighted by Gasteiger charge is 2.10. The summed E-state index contributed by atoms with van der Waals surface area (Å²) in [5.41, 5.74) is 2.12. The number of nitrogens with zero attached hydrogens (tertiary/aromatic N) is 3. The Morgan fingerprint density at radius 1 is 1.04 bits per heavy atom. The number of fused-ring (bicyclic) bond motifs is 1. The van der Waals surface area contributed by atoms with E-state index in [1.54, 1.807) is 18.2 Å². The molecule has 5 nitrogen and oxygen atoms in total. The number of H-pyrrole nitrogens is 1. The van der Waals surface area contributed by atoms with Gasteiger partial charge in [-0.1, -0.05) is 36.0 Å². The van der Waals surface area contributed by atoms with Crippen LogP contribution in [0.5, 0.6) is 0 Å². The van der Waals surface area contributed by atoms with Gasteiger partial charge < -0.3 is 4.42 Å². The van der Waals surface area contributed by atoms with E-state index in [1.165, 1.54) is 17.8 Å². The van der Waals surface area contributed by atoms with Gasteiger partial charge in [-0.3, -0.25) is 5.10 Å². The molecule has 2 aromatic heterocycles. The highest BCUT2D eigenvalue weighted by atomic mass is 32.2. The molecule has 2 aromatic carbocycles. The minimum atomic E-state index is -0.314. The first-order valence-electron chi connectivity index (χ1n) is 7.94. The van der Waals surface area contributed by atoms with Crippen molar-refractivity contribution in [1.82, 2.24) is 20.2 Å². The van der Waals surface area contributed by atoms with Crippen LogP contribution in [0, 0.1) is 5.82 Å². The number of aromatic amines is 1. The average molecular weight is 354 g/mol. The zero-order valence-electron chi connectivity index (χ0n) is 13.3. The summed E-state index contributed by atoms with van der Waals surface area (Å²) in [4.78, 5) is 8.79. The van der Waals surface area contributed by atoms with Crippen LogP contribution in [0.1, 0.15) is 12.3 Å². The van der Waals surface area contributed by atoms with E-state index in [2.05, 4.69) is 20.2 Å². The summed E-state index contributed by atoms with van der Waals surface area (Å²) >= 11 is 1.52. The first-order valence-corrected chi connectivity index (χ1v) is 8.93. The van der Waals surface area contributed by atoms with Crippen molar-refractivity contribution in [2.24, 2.45) is 0 Å². The lowest BCUT2D eigenvalue weighted by Gasteiger charge is -1.97. The van der Waals surface area contributed by atoms with Crippen LogP contribution in [-0.4, -0.2) is 25.9 Å². The fourth-order valence-corrected chi connectivity index (χ4v) is 3.24. The Morgan fingerprint density at radius 3 is 2.76 bits per heavy atom. The zero-order valence-corrected chi connectivity index (χ0v) is 14.1. The zero-order chi connectivity index (χ0) is 17.1. The number of benzene rings is 2. The Morgan fingerprint density at radius 2 is 1.88 bits per heavy atom. The largest absolute Gasteiger partial charge is 0.441 e. The van der Waals surface area contributed by atoms with Gasteiger partial charge in [-0.05, 0) is 30.7 Å². The Balaban J connectivity index is 1.32. The number of hydrogen-bond donors (Lipinski definition) is 1. The number of para-hydroxylation sites is 2. The van der Waals surface area contributed by atoms with Gasteiger partial charge in [-0.25, -0.2) is 14.4 Å². The number of aromatic nitrogens is 4. The van der Waals surface area contributed by atoms with Gasteiger partial charge in [0.15, 0.2) is 17.3 Å². The minimum absolute atomic E-state index is 0.314. The van der Waals surface area contributed by atoms with E-state index in [9.17, 15) is 4.39 Å². The van der Waals surface area contributed by atoms with E-state index < -0.39 is 0 Å². The molecule has 25 heavy (non-hydrogen) atoms. The van der Waals surface area contributed by atoms with E-state index in [0.717, 1.165) is 35.6 Å². The van der Waals surface area contributed by atoms with Crippen molar-refractivity contribution in [1.29, 1.82) is 0 Å². The molecule has 0 aliphatic rings. The number of aryl methyl sites for hydroxylation is 1. The summed E-state index contributed by atoms with van der Waals surface area (Å²) in [7, 11) is 0. The molecule has 0 fully saturated rings. The maximum absolute atomic E-state index is 13.8. The molecule has 0 unspecified atom stereocenters. The quantitative estimate of drug-likeness (QED) is 0.408. The molecule has 0 bridgehead atoms. The van der Waals surface area contributed by atoms with Gasteiger partial charge in [0.05, 0.1) is 5.56 Å². The van der Waals surface area contributed by atoms with Gasteiger partial charge in [0.1, 0.15) is 11.3 Å². The van der Waals surface area contributed by atoms with Crippen molar-refractivity contribution >= 4 is 22.9 Å². The summed E-state index contributed by atoms with van der Waals surface area (Å²) in [6.07, 6.45) is 1.65. The van der Waals surface area contributed by atoms with Crippen molar-refractivity contribution in [2.45, 2.75) is 18.0 Å². The molecule has 126 valence electrons. The van der Waals surface area contributed by atoms with Crippen LogP contribution >= 0.6 is 11.8 Å². The molecule has 1 N–H and O–H groups in total. The average Bonchev–Trinajstić information content (AvgIpc) is 3.25. The second-order valence-electron chi connectivity index (χ2n) is 5.47. The molecule has 0 aliphatic carbocycles. The topological polar surface area (TPSA) is 67.6 Å². The van der Waals surface area contributed by atoms with Crippen molar-refractivity contribution in [2.75, 3.05) is 5.75 Å². The molecule has 0 saturated carbocycles. The number of halogens is 1. The smallest absolute Gasteiger partial charge is 0.208 e. The molecule has 0 saturated heterocycles. The lowest BCUT2D eigenvalue weighted by molar-refractivity contribution is 0.526. The maximum Gasteiger partial charge on any atom is 0.208 e. The summed E-state index contributed by atoms with van der Waals surface area (Å²) in [5.74, 6) is 1.70. The Bertz CT molecular complexity index is 964. The molecule has 0 atom stereocenters. The molecule has 7 heteroatoms. The van der Waals surface area contributed by atoms with Gasteiger partial charge in [0.2, 0.25) is 5.16 Å². The third-order valence-corrected chi connectivity index (χ3v) is 4.63. The highest BCUT2D eigenvalue weighted by molar-refractivity contribution is 7.99. The molecule has 0 radical (unpaired) electrons. The third-order valence-electron chi connectivity index (χ3n) is 3.70. The number of oxazole rings is 1. The Labute approximate surface area is 147 Å². The van der Waals surface area contributed by atoms with Gasteiger partial charge in [-0.2, -0.15) is 0 Å². The predicted molar refractivity (Wildman–Crippen MR) is 94.8 cm³/mol. The number of rotatable bonds is 6. The summed E-state index contributed by atoms with van der Waals surface area (Å²) < 4.78 is 19.5. The van der Waals surface area contributed by atoms with Crippen LogP contribution in [0.2, 0.25) is 0 Å². The lowest BCUT2D eigenvalue weighted by Crippen LogP contribution is -1.88. The predicted octanol–water partition coefficient (Wildman–Crippen LogP) is 4.48. The van der Waals surface area contributed by atoms with Crippen LogP contribution in [-0.2, 0) is 6.42 Å². The van der Waals surface area contributed by atoms with Gasteiger partial charge in [0, 0.05) is 12.2 Å². The summed E-state index contributed by atoms with van der Waals surface area (Å²) in [5, 5.41) is 7.53. The van der Waals surface area contributed by atoms with Gasteiger partial charge >= 0.3 is 0 Å². The highest BCUT2D eigenvalue weighted by Crippen LogP contribution is 2.22. The lowest BCUT2D eigenvalue weighted by atomic mass is 10.2. The van der Waals surface area contributed by atoms with E-state index >= 15 is 0 Å². The van der Waals surface area contributed by atoms with Crippen molar-refractivity contribution in [3.05, 3.63) is 60.2 Å². The van der Waals surface area contributed by atoms with Crippen LogP contribution in [0.4, 0.5) is 4.39 Å². The van der Waals surface area contributed by atoms with Crippen LogP contribution in [0.15, 0.2) is 58.1 Å². The van der Waals surface area contributed by atoms with E-state index in [0.29, 0.717) is 16.5 Å². The van der Waals surface area contributed by atoms with Crippen LogP contribution in [0.25, 0.3) is 22.5 Å². The van der Waals surface area contributed by atoms with Crippen LogP contribution in [0.3, 0.4) is 0 Å². The summed E-state index contributed by atoms with van der Waals surface area (Å²) in [6, 6.07) is 14.2. The van der Waals surface area contributed by atoms with Crippen molar-refractivity contribution < 1.29 is 8.81 Å². The maximum atomic E-state index is 13.8. The van der Waals surface area contributed by atoms with E-state index in [-0.39, 0.29) is 5.82 Å². The minimum Gasteiger partial charge on any atom is -0.441 e. The SMILES string of the molecule is Fc1ccccc1-c1nc(SCCCc2nc3ccccc3o2)n[nH]1. The molecular weight excluding hydrogens is 339 g/mol. The Kier molecular flexibility index (Phi) is 4.47. The summed E-state index contributed by atoms with van der Waals surface area (Å²) in [6.45, 7) is 0. The fraction of sp³-hybridized carbons (Fsp3) is 0.167. The molecule has 2 heterocycles. The first kappa shape index (κ1) is 15.8. The Hall–Kier alpha value is -2.67. The first-order chi connectivity index (χ1) is 12.3. The second-order valence-corrected chi connectivity index (χ2v) is 6.54. The van der Waals surface area contributed by atoms with Crippen LogP contribution < -0.4 is 0 Å². The monoisotopic (exact) mass is 354 g/mol. The van der Waals surface area contributed by atoms with Crippen molar-refractivity contribution in [3.63, 3.8) is 0 Å². The molecule has 0 aliphatic heterocycles. The standard InChI is InChI=1S/C18H15FN4OS/c19-13-7-2-1-6-12(13)17-21-18(23-22-17)25-11-5-10-16-20-14-8-3-4-9-15(14)24-16/h1-4,6-9H,5,10-11H2,(H,21,22,23). The molecule has 0 amide bonds.